The standard InChI is InChI=1S/C10H18O/c11-9-5-4-8-10(9)6-2-1-3-7-10/h9,11H,1-8H2. The van der Waals surface area contributed by atoms with Crippen LogP contribution in [0.25, 0.3) is 0 Å². The fourth-order valence-corrected chi connectivity index (χ4v) is 2.96. The number of hydrogen-bond acceptors (Lipinski definition) is 1. The van der Waals surface area contributed by atoms with Crippen molar-refractivity contribution in [1.82, 2.24) is 0 Å². The molecule has 11 heavy (non-hydrogen) atoms. The zero-order chi connectivity index (χ0) is 7.73. The third kappa shape index (κ3) is 1.20. The largest absolute Gasteiger partial charge is 0.393 e. The van der Waals surface area contributed by atoms with Gasteiger partial charge in [-0.25, -0.2) is 0 Å². The minimum absolute atomic E-state index is 0.0443. The number of rotatable bonds is 0. The number of hydrogen-bond donors (Lipinski definition) is 1. The van der Waals surface area contributed by atoms with Crippen LogP contribution in [-0.4, -0.2) is 11.2 Å². The quantitative estimate of drug-likeness (QED) is 0.568. The molecule has 1 unspecified atom stereocenters. The van der Waals surface area contributed by atoms with Gasteiger partial charge in [-0.05, 0) is 31.1 Å². The smallest absolute Gasteiger partial charge is 0.0596 e. The Hall–Kier alpha value is -0.0400. The molecule has 1 N–H and O–H groups in total. The van der Waals surface area contributed by atoms with Crippen molar-refractivity contribution in [3.63, 3.8) is 0 Å². The van der Waals surface area contributed by atoms with Crippen LogP contribution in [0.15, 0.2) is 0 Å². The summed E-state index contributed by atoms with van der Waals surface area (Å²) in [4.78, 5) is 0. The molecular weight excluding hydrogens is 136 g/mol. The van der Waals surface area contributed by atoms with Crippen molar-refractivity contribution < 1.29 is 5.11 Å². The zero-order valence-electron chi connectivity index (χ0n) is 7.18. The molecule has 0 saturated heterocycles. The van der Waals surface area contributed by atoms with Crippen molar-refractivity contribution in [2.75, 3.05) is 0 Å². The van der Waals surface area contributed by atoms with Crippen LogP contribution in [-0.2, 0) is 0 Å². The van der Waals surface area contributed by atoms with Gasteiger partial charge in [-0.15, -0.1) is 0 Å². The van der Waals surface area contributed by atoms with Gasteiger partial charge in [0.1, 0.15) is 0 Å². The van der Waals surface area contributed by atoms with Crippen molar-refractivity contribution in [1.29, 1.82) is 0 Å². The molecule has 1 atom stereocenters. The molecule has 1 heteroatoms. The lowest BCUT2D eigenvalue weighted by Gasteiger charge is -2.36. The highest BCUT2D eigenvalue weighted by atomic mass is 16.3. The van der Waals surface area contributed by atoms with E-state index in [0.29, 0.717) is 5.41 Å². The van der Waals surface area contributed by atoms with Crippen LogP contribution in [0, 0.1) is 5.41 Å². The van der Waals surface area contributed by atoms with E-state index < -0.39 is 0 Å². The third-order valence-electron chi connectivity index (χ3n) is 3.71. The SMILES string of the molecule is OC1CCCC12CCCCC2. The summed E-state index contributed by atoms with van der Waals surface area (Å²) in [5.74, 6) is 0. The van der Waals surface area contributed by atoms with Crippen LogP contribution in [0.1, 0.15) is 51.4 Å². The predicted molar refractivity (Wildman–Crippen MR) is 45.4 cm³/mol. The van der Waals surface area contributed by atoms with E-state index in [1.807, 2.05) is 0 Å². The first-order chi connectivity index (χ1) is 5.33. The van der Waals surface area contributed by atoms with E-state index in [-0.39, 0.29) is 6.10 Å². The van der Waals surface area contributed by atoms with Gasteiger partial charge in [0, 0.05) is 0 Å². The molecule has 64 valence electrons. The predicted octanol–water partition coefficient (Wildman–Crippen LogP) is 2.48. The summed E-state index contributed by atoms with van der Waals surface area (Å²) in [5.41, 5.74) is 0.387. The molecule has 1 nitrogen and oxygen atoms in total. The second-order valence-electron chi connectivity index (χ2n) is 4.33. The van der Waals surface area contributed by atoms with Gasteiger partial charge in [-0.1, -0.05) is 25.7 Å². The molecular formula is C10H18O. The van der Waals surface area contributed by atoms with Crippen molar-refractivity contribution in [3.05, 3.63) is 0 Å². The second-order valence-corrected chi connectivity index (χ2v) is 4.33. The molecule has 0 heterocycles. The Morgan fingerprint density at radius 1 is 0.909 bits per heavy atom. The highest BCUT2D eigenvalue weighted by Crippen LogP contribution is 2.48. The maximum absolute atomic E-state index is 9.80. The normalized spacial score (nSPS) is 36.3. The molecule has 2 fully saturated rings. The van der Waals surface area contributed by atoms with Crippen LogP contribution in [0.4, 0.5) is 0 Å². The molecule has 0 bridgehead atoms. The summed E-state index contributed by atoms with van der Waals surface area (Å²) in [6, 6.07) is 0. The van der Waals surface area contributed by atoms with Crippen LogP contribution in [0.3, 0.4) is 0 Å². The van der Waals surface area contributed by atoms with Gasteiger partial charge < -0.3 is 5.11 Å². The summed E-state index contributed by atoms with van der Waals surface area (Å²) in [7, 11) is 0. The molecule has 0 aromatic heterocycles. The maximum atomic E-state index is 9.80. The Bertz CT molecular complexity index is 136. The molecule has 1 spiro atoms. The Balaban J connectivity index is 2.06. The van der Waals surface area contributed by atoms with E-state index in [2.05, 4.69) is 0 Å². The first-order valence-corrected chi connectivity index (χ1v) is 5.02. The summed E-state index contributed by atoms with van der Waals surface area (Å²) >= 11 is 0. The Labute approximate surface area is 68.8 Å². The first-order valence-electron chi connectivity index (χ1n) is 5.02. The van der Waals surface area contributed by atoms with Gasteiger partial charge in [0.2, 0.25) is 0 Å². The van der Waals surface area contributed by atoms with Gasteiger partial charge in [0.15, 0.2) is 0 Å². The summed E-state index contributed by atoms with van der Waals surface area (Å²) in [5, 5.41) is 9.80. The molecule has 0 radical (unpaired) electrons. The van der Waals surface area contributed by atoms with Gasteiger partial charge in [-0.2, -0.15) is 0 Å². The summed E-state index contributed by atoms with van der Waals surface area (Å²) < 4.78 is 0. The van der Waals surface area contributed by atoms with E-state index in [0.717, 1.165) is 6.42 Å². The Kier molecular flexibility index (Phi) is 1.92. The lowest BCUT2D eigenvalue weighted by molar-refractivity contribution is 0.0234. The van der Waals surface area contributed by atoms with Gasteiger partial charge in [-0.3, -0.25) is 0 Å². The summed E-state index contributed by atoms with van der Waals surface area (Å²) in [6.45, 7) is 0. The number of aliphatic hydroxyl groups is 1. The molecule has 2 rings (SSSR count). The van der Waals surface area contributed by atoms with Crippen LogP contribution in [0.5, 0.6) is 0 Å². The van der Waals surface area contributed by atoms with Gasteiger partial charge in [0.05, 0.1) is 6.10 Å². The van der Waals surface area contributed by atoms with Crippen molar-refractivity contribution in [2.24, 2.45) is 5.41 Å². The molecule has 0 amide bonds. The zero-order valence-corrected chi connectivity index (χ0v) is 7.18. The topological polar surface area (TPSA) is 20.2 Å². The van der Waals surface area contributed by atoms with E-state index in [1.165, 1.54) is 44.9 Å². The molecule has 2 saturated carbocycles. The maximum Gasteiger partial charge on any atom is 0.0596 e. The average Bonchev–Trinajstić information content (AvgIpc) is 2.36. The van der Waals surface area contributed by atoms with E-state index in [1.54, 1.807) is 0 Å². The molecule has 2 aliphatic carbocycles. The second kappa shape index (κ2) is 2.78. The highest BCUT2D eigenvalue weighted by Gasteiger charge is 2.41. The molecule has 2 aliphatic rings. The Morgan fingerprint density at radius 2 is 1.55 bits per heavy atom. The molecule has 0 aromatic carbocycles. The van der Waals surface area contributed by atoms with Crippen LogP contribution >= 0.6 is 0 Å². The number of aliphatic hydroxyl groups excluding tert-OH is 1. The van der Waals surface area contributed by atoms with Crippen molar-refractivity contribution in [2.45, 2.75) is 57.5 Å². The van der Waals surface area contributed by atoms with E-state index in [4.69, 9.17) is 0 Å². The lowest BCUT2D eigenvalue weighted by atomic mass is 9.71. The van der Waals surface area contributed by atoms with Crippen LogP contribution in [0.2, 0.25) is 0 Å². The minimum Gasteiger partial charge on any atom is -0.393 e. The van der Waals surface area contributed by atoms with E-state index in [9.17, 15) is 5.11 Å². The van der Waals surface area contributed by atoms with Crippen molar-refractivity contribution in [3.8, 4) is 0 Å². The molecule has 0 aromatic rings. The van der Waals surface area contributed by atoms with Gasteiger partial charge in [0.25, 0.3) is 0 Å². The van der Waals surface area contributed by atoms with Gasteiger partial charge >= 0.3 is 0 Å². The third-order valence-corrected chi connectivity index (χ3v) is 3.71. The summed E-state index contributed by atoms with van der Waals surface area (Å²) in [6.07, 6.45) is 10.4. The van der Waals surface area contributed by atoms with E-state index >= 15 is 0 Å². The minimum atomic E-state index is 0.0443. The molecule has 0 aliphatic heterocycles. The fourth-order valence-electron chi connectivity index (χ4n) is 2.96. The fraction of sp³-hybridized carbons (Fsp3) is 1.00. The highest BCUT2D eigenvalue weighted by molar-refractivity contribution is 4.93. The van der Waals surface area contributed by atoms with Crippen molar-refractivity contribution >= 4 is 0 Å². The Morgan fingerprint density at radius 3 is 2.09 bits per heavy atom. The average molecular weight is 154 g/mol. The lowest BCUT2D eigenvalue weighted by Crippen LogP contribution is -2.31. The monoisotopic (exact) mass is 154 g/mol. The first kappa shape index (κ1) is 7.60. The van der Waals surface area contributed by atoms with Crippen LogP contribution < -0.4 is 0 Å².